The monoisotopic (exact) mass is 177 g/mol. The summed E-state index contributed by atoms with van der Waals surface area (Å²) >= 11 is 0. The van der Waals surface area contributed by atoms with E-state index in [1.54, 1.807) is 6.20 Å². The highest BCUT2D eigenvalue weighted by Crippen LogP contribution is 2.09. The van der Waals surface area contributed by atoms with Gasteiger partial charge in [-0.25, -0.2) is 14.8 Å². The van der Waals surface area contributed by atoms with Crippen molar-refractivity contribution in [3.05, 3.63) is 23.7 Å². The van der Waals surface area contributed by atoms with Gasteiger partial charge < -0.3 is 10.1 Å². The van der Waals surface area contributed by atoms with Crippen molar-refractivity contribution in [1.82, 2.24) is 15.0 Å². The Hall–Kier alpha value is -1.91. The summed E-state index contributed by atoms with van der Waals surface area (Å²) in [6.07, 6.45) is 1.65. The lowest BCUT2D eigenvalue weighted by Crippen LogP contribution is -1.97. The number of nitrogens with zero attached hydrogens (tertiary/aromatic N) is 2. The van der Waals surface area contributed by atoms with E-state index >= 15 is 0 Å². The number of aromatic amines is 1. The Morgan fingerprint density at radius 1 is 1.62 bits per heavy atom. The molecular weight excluding hydrogens is 170 g/mol. The number of rotatable bonds is 1. The van der Waals surface area contributed by atoms with E-state index in [2.05, 4.69) is 15.0 Å². The number of pyridine rings is 1. The molecule has 0 aromatic carbocycles. The normalized spacial score (nSPS) is 10.5. The second-order valence-corrected chi connectivity index (χ2v) is 2.77. The number of hydrogen-bond acceptors (Lipinski definition) is 3. The van der Waals surface area contributed by atoms with Gasteiger partial charge in [-0.05, 0) is 18.6 Å². The molecule has 0 radical (unpaired) electrons. The maximum atomic E-state index is 10.5. The lowest BCUT2D eigenvalue weighted by molar-refractivity contribution is 0.0685. The number of aromatic carboxylic acids is 1. The van der Waals surface area contributed by atoms with Crippen LogP contribution in [-0.4, -0.2) is 26.0 Å². The molecule has 5 heteroatoms. The van der Waals surface area contributed by atoms with E-state index < -0.39 is 5.97 Å². The average Bonchev–Trinajstić information content (AvgIpc) is 2.46. The van der Waals surface area contributed by atoms with Crippen molar-refractivity contribution < 1.29 is 9.90 Å². The largest absolute Gasteiger partial charge is 0.475 e. The number of hydrogen-bond donors (Lipinski definition) is 2. The molecule has 0 aliphatic rings. The van der Waals surface area contributed by atoms with Gasteiger partial charge >= 0.3 is 5.97 Å². The molecule has 13 heavy (non-hydrogen) atoms. The van der Waals surface area contributed by atoms with Crippen molar-refractivity contribution in [2.45, 2.75) is 6.92 Å². The number of imidazole rings is 1. The standard InChI is InChI=1S/C8H7N3O2/c1-4-2-5-6(9-3-4)11-7(10-5)8(12)13/h2-3H,1H3,(H,12,13)(H,9,10,11). The van der Waals surface area contributed by atoms with Crippen LogP contribution in [0.3, 0.4) is 0 Å². The summed E-state index contributed by atoms with van der Waals surface area (Å²) in [5, 5.41) is 8.63. The van der Waals surface area contributed by atoms with E-state index in [1.807, 2.05) is 13.0 Å². The molecule has 2 aromatic heterocycles. The minimum atomic E-state index is -1.07. The number of aromatic nitrogens is 3. The van der Waals surface area contributed by atoms with Crippen molar-refractivity contribution in [2.75, 3.05) is 0 Å². The van der Waals surface area contributed by atoms with Gasteiger partial charge in [0.15, 0.2) is 5.65 Å². The Morgan fingerprint density at radius 2 is 2.38 bits per heavy atom. The Kier molecular flexibility index (Phi) is 1.51. The van der Waals surface area contributed by atoms with Crippen molar-refractivity contribution >= 4 is 17.1 Å². The topological polar surface area (TPSA) is 78.9 Å². The van der Waals surface area contributed by atoms with Gasteiger partial charge in [0.05, 0.1) is 5.52 Å². The van der Waals surface area contributed by atoms with Crippen molar-refractivity contribution in [1.29, 1.82) is 0 Å². The first kappa shape index (κ1) is 7.72. The van der Waals surface area contributed by atoms with Crippen LogP contribution in [0.2, 0.25) is 0 Å². The average molecular weight is 177 g/mol. The van der Waals surface area contributed by atoms with Crippen LogP contribution in [0.4, 0.5) is 0 Å². The first-order valence-electron chi connectivity index (χ1n) is 3.72. The van der Waals surface area contributed by atoms with Crippen LogP contribution >= 0.6 is 0 Å². The molecule has 0 fully saturated rings. The van der Waals surface area contributed by atoms with E-state index in [0.717, 1.165) is 5.56 Å². The summed E-state index contributed by atoms with van der Waals surface area (Å²) in [6, 6.07) is 1.81. The lowest BCUT2D eigenvalue weighted by Gasteiger charge is -1.88. The van der Waals surface area contributed by atoms with Crippen LogP contribution in [0, 0.1) is 6.92 Å². The second kappa shape index (κ2) is 2.55. The molecule has 0 amide bonds. The van der Waals surface area contributed by atoms with Gasteiger partial charge in [-0.1, -0.05) is 0 Å². The van der Waals surface area contributed by atoms with Gasteiger partial charge in [0.2, 0.25) is 5.82 Å². The molecule has 0 spiro atoms. The highest BCUT2D eigenvalue weighted by Gasteiger charge is 2.09. The Labute approximate surface area is 73.4 Å². The van der Waals surface area contributed by atoms with Crippen LogP contribution in [0.1, 0.15) is 16.2 Å². The highest BCUT2D eigenvalue weighted by molar-refractivity contribution is 5.87. The smallest absolute Gasteiger partial charge is 0.371 e. The predicted octanol–water partition coefficient (Wildman–Crippen LogP) is 0.965. The quantitative estimate of drug-likeness (QED) is 0.680. The van der Waals surface area contributed by atoms with E-state index in [-0.39, 0.29) is 5.82 Å². The number of H-pyrrole nitrogens is 1. The zero-order valence-electron chi connectivity index (χ0n) is 6.90. The minimum Gasteiger partial charge on any atom is -0.475 e. The number of carboxylic acids is 1. The fourth-order valence-electron chi connectivity index (χ4n) is 1.11. The van der Waals surface area contributed by atoms with Gasteiger partial charge in [0.25, 0.3) is 0 Å². The number of aryl methyl sites for hydroxylation is 1. The van der Waals surface area contributed by atoms with Crippen molar-refractivity contribution in [3.63, 3.8) is 0 Å². The minimum absolute atomic E-state index is 0.0758. The van der Waals surface area contributed by atoms with Crippen LogP contribution in [0.15, 0.2) is 12.3 Å². The van der Waals surface area contributed by atoms with E-state index in [0.29, 0.717) is 11.2 Å². The SMILES string of the molecule is Cc1cnc2nc(C(=O)O)[nH]c2c1. The Bertz CT molecular complexity index is 475. The molecule has 2 heterocycles. The predicted molar refractivity (Wildman–Crippen MR) is 45.6 cm³/mol. The van der Waals surface area contributed by atoms with Crippen LogP contribution in [0.5, 0.6) is 0 Å². The first-order chi connectivity index (χ1) is 6.16. The van der Waals surface area contributed by atoms with Crippen LogP contribution in [-0.2, 0) is 0 Å². The van der Waals surface area contributed by atoms with E-state index in [4.69, 9.17) is 5.11 Å². The molecule has 2 N–H and O–H groups in total. The number of carboxylic acid groups (broad SMARTS) is 1. The molecule has 0 saturated heterocycles. The fourth-order valence-corrected chi connectivity index (χ4v) is 1.11. The second-order valence-electron chi connectivity index (χ2n) is 2.77. The molecule has 5 nitrogen and oxygen atoms in total. The van der Waals surface area contributed by atoms with Crippen LogP contribution in [0.25, 0.3) is 11.2 Å². The van der Waals surface area contributed by atoms with Gasteiger partial charge in [-0.2, -0.15) is 0 Å². The molecule has 66 valence electrons. The molecular formula is C8H7N3O2. The van der Waals surface area contributed by atoms with Gasteiger partial charge in [0, 0.05) is 6.20 Å². The summed E-state index contributed by atoms with van der Waals surface area (Å²) in [5.74, 6) is -1.15. The maximum absolute atomic E-state index is 10.5. The number of fused-ring (bicyclic) bond motifs is 1. The lowest BCUT2D eigenvalue weighted by atomic mass is 10.3. The summed E-state index contributed by atoms with van der Waals surface area (Å²) < 4.78 is 0. The van der Waals surface area contributed by atoms with E-state index in [9.17, 15) is 4.79 Å². The van der Waals surface area contributed by atoms with Gasteiger partial charge in [-0.3, -0.25) is 0 Å². The Morgan fingerprint density at radius 3 is 3.08 bits per heavy atom. The van der Waals surface area contributed by atoms with E-state index in [1.165, 1.54) is 0 Å². The third-order valence-corrected chi connectivity index (χ3v) is 1.68. The number of nitrogens with one attached hydrogen (secondary N) is 1. The zero-order valence-corrected chi connectivity index (χ0v) is 6.90. The van der Waals surface area contributed by atoms with Crippen LogP contribution < -0.4 is 0 Å². The third-order valence-electron chi connectivity index (χ3n) is 1.68. The van der Waals surface area contributed by atoms with Crippen molar-refractivity contribution in [2.24, 2.45) is 0 Å². The highest BCUT2D eigenvalue weighted by atomic mass is 16.4. The first-order valence-corrected chi connectivity index (χ1v) is 3.72. The molecule has 0 aliphatic heterocycles. The molecule has 2 aromatic rings. The fraction of sp³-hybridized carbons (Fsp3) is 0.125. The molecule has 2 rings (SSSR count). The summed E-state index contributed by atoms with van der Waals surface area (Å²) in [4.78, 5) is 21.0. The Balaban J connectivity index is 2.68. The van der Waals surface area contributed by atoms with Crippen molar-refractivity contribution in [3.8, 4) is 0 Å². The number of carbonyl (C=O) groups is 1. The molecule has 0 aliphatic carbocycles. The summed E-state index contributed by atoms with van der Waals surface area (Å²) in [6.45, 7) is 1.88. The summed E-state index contributed by atoms with van der Waals surface area (Å²) in [7, 11) is 0. The summed E-state index contributed by atoms with van der Waals surface area (Å²) in [5.41, 5.74) is 2.05. The molecule has 0 unspecified atom stereocenters. The molecule has 0 saturated carbocycles. The maximum Gasteiger partial charge on any atom is 0.371 e. The zero-order chi connectivity index (χ0) is 9.42. The van der Waals surface area contributed by atoms with Gasteiger partial charge in [0.1, 0.15) is 0 Å². The van der Waals surface area contributed by atoms with Gasteiger partial charge in [-0.15, -0.1) is 0 Å². The molecule has 0 atom stereocenters. The third kappa shape index (κ3) is 1.24. The molecule has 0 bridgehead atoms.